The highest BCUT2D eigenvalue weighted by molar-refractivity contribution is 7.27. The van der Waals surface area contributed by atoms with Crippen LogP contribution in [0.3, 0.4) is 0 Å². The highest BCUT2D eigenvalue weighted by Crippen LogP contribution is 2.45. The molecule has 0 unspecified atom stereocenters. The van der Waals surface area contributed by atoms with E-state index in [2.05, 4.69) is 174 Å². The lowest BCUT2D eigenvalue weighted by Gasteiger charge is -2.26. The first-order chi connectivity index (χ1) is 27.2. The third-order valence-electron chi connectivity index (χ3n) is 11.3. The van der Waals surface area contributed by atoms with Crippen LogP contribution in [0.25, 0.3) is 94.7 Å². The van der Waals surface area contributed by atoms with E-state index in [9.17, 15) is 0 Å². The molecule has 0 spiro atoms. The first kappa shape index (κ1) is 30.8. The van der Waals surface area contributed by atoms with E-state index in [-0.39, 0.29) is 0 Å². The van der Waals surface area contributed by atoms with E-state index in [0.29, 0.717) is 0 Å². The van der Waals surface area contributed by atoms with Gasteiger partial charge in [-0.25, -0.2) is 0 Å². The number of aromatic nitrogens is 1. The SMILES string of the molecule is c1ccc(-c2ccc(N(c3ccc4c(ccc5ccc6c7ccccc7sc6c54)c3)c3ccc4c(ccc5ccc6c7ccccc7sc6c54)c3)cc2)nc1. The van der Waals surface area contributed by atoms with Gasteiger partial charge in [0.15, 0.2) is 0 Å². The number of hydrogen-bond acceptors (Lipinski definition) is 4. The van der Waals surface area contributed by atoms with Gasteiger partial charge in [-0.3, -0.25) is 4.98 Å². The van der Waals surface area contributed by atoms with E-state index in [1.807, 2.05) is 41.0 Å². The molecule has 4 heteroatoms. The predicted molar refractivity (Wildman–Crippen MR) is 240 cm³/mol. The molecular weight excluding hydrogens is 705 g/mol. The van der Waals surface area contributed by atoms with Gasteiger partial charge in [-0.1, -0.05) is 115 Å². The molecule has 9 aromatic carbocycles. The van der Waals surface area contributed by atoms with Gasteiger partial charge in [0.05, 0.1) is 5.69 Å². The summed E-state index contributed by atoms with van der Waals surface area (Å²) in [5, 5.41) is 15.5. The molecule has 256 valence electrons. The minimum Gasteiger partial charge on any atom is -0.310 e. The number of hydrogen-bond donors (Lipinski definition) is 0. The van der Waals surface area contributed by atoms with Gasteiger partial charge in [0.2, 0.25) is 0 Å². The molecule has 0 bridgehead atoms. The van der Waals surface area contributed by atoms with Crippen LogP contribution in [-0.2, 0) is 0 Å². The molecule has 0 aliphatic heterocycles. The summed E-state index contributed by atoms with van der Waals surface area (Å²) in [4.78, 5) is 7.02. The van der Waals surface area contributed by atoms with E-state index < -0.39 is 0 Å². The van der Waals surface area contributed by atoms with Gasteiger partial charge in [0.25, 0.3) is 0 Å². The minimum absolute atomic E-state index is 0.968. The smallest absolute Gasteiger partial charge is 0.0701 e. The summed E-state index contributed by atoms with van der Waals surface area (Å²) in [6.45, 7) is 0. The Kier molecular flexibility index (Phi) is 6.70. The van der Waals surface area contributed by atoms with E-state index in [1.165, 1.54) is 83.4 Å². The average molecular weight is 735 g/mol. The second-order valence-corrected chi connectivity index (χ2v) is 16.4. The van der Waals surface area contributed by atoms with Crippen molar-refractivity contribution < 1.29 is 0 Å². The van der Waals surface area contributed by atoms with Crippen LogP contribution in [0.2, 0.25) is 0 Å². The van der Waals surface area contributed by atoms with Crippen LogP contribution in [0.15, 0.2) is 182 Å². The standard InChI is InChI=1S/C51H30N2S2/c1-3-10-46-41(7-1)43-24-18-32-12-14-34-29-37(22-26-39(34)48(32)50(43)54-46)53(36-20-16-31(17-21-36)45-9-5-6-28-52-45)38-23-27-40-35(30-38)15-13-33-19-25-44-42-8-2-4-11-47(42)55-51(44)49(33)40/h1-30H. The summed E-state index contributed by atoms with van der Waals surface area (Å²) >= 11 is 3.80. The number of pyridine rings is 1. The molecule has 12 aromatic rings. The molecule has 0 saturated heterocycles. The Bertz CT molecular complexity index is 3290. The summed E-state index contributed by atoms with van der Waals surface area (Å²) in [6.07, 6.45) is 1.85. The maximum absolute atomic E-state index is 4.62. The number of anilines is 3. The van der Waals surface area contributed by atoms with Crippen LogP contribution >= 0.6 is 22.7 Å². The number of rotatable bonds is 4. The minimum atomic E-state index is 0.968. The third-order valence-corrected chi connectivity index (χ3v) is 13.7. The van der Waals surface area contributed by atoms with Crippen LogP contribution in [0, 0.1) is 0 Å². The van der Waals surface area contributed by atoms with Gasteiger partial charge >= 0.3 is 0 Å². The highest BCUT2D eigenvalue weighted by atomic mass is 32.1. The van der Waals surface area contributed by atoms with Gasteiger partial charge in [0, 0.05) is 79.9 Å². The Labute approximate surface area is 324 Å². The van der Waals surface area contributed by atoms with E-state index >= 15 is 0 Å². The normalized spacial score (nSPS) is 12.0. The zero-order valence-corrected chi connectivity index (χ0v) is 31.2. The third kappa shape index (κ3) is 4.75. The van der Waals surface area contributed by atoms with E-state index in [4.69, 9.17) is 0 Å². The number of benzene rings is 9. The molecule has 0 fully saturated rings. The molecule has 0 radical (unpaired) electrons. The molecule has 0 aliphatic rings. The van der Waals surface area contributed by atoms with Crippen molar-refractivity contribution >= 4 is 123 Å². The van der Waals surface area contributed by atoms with Crippen molar-refractivity contribution in [1.29, 1.82) is 0 Å². The lowest BCUT2D eigenvalue weighted by molar-refractivity contribution is 1.29. The van der Waals surface area contributed by atoms with Crippen molar-refractivity contribution in [2.75, 3.05) is 4.90 Å². The fourth-order valence-electron chi connectivity index (χ4n) is 8.67. The summed E-state index contributed by atoms with van der Waals surface area (Å²) in [5.41, 5.74) is 5.40. The highest BCUT2D eigenvalue weighted by Gasteiger charge is 2.18. The van der Waals surface area contributed by atoms with Crippen molar-refractivity contribution in [2.24, 2.45) is 0 Å². The van der Waals surface area contributed by atoms with Crippen LogP contribution in [0.5, 0.6) is 0 Å². The lowest BCUT2D eigenvalue weighted by Crippen LogP contribution is -2.10. The number of fused-ring (bicyclic) bond motifs is 14. The zero-order chi connectivity index (χ0) is 36.0. The van der Waals surface area contributed by atoms with Gasteiger partial charge in [0.1, 0.15) is 0 Å². The molecule has 3 heterocycles. The molecule has 55 heavy (non-hydrogen) atoms. The first-order valence-corrected chi connectivity index (χ1v) is 20.2. The molecule has 0 atom stereocenters. The van der Waals surface area contributed by atoms with Crippen molar-refractivity contribution in [3.8, 4) is 11.3 Å². The van der Waals surface area contributed by atoms with Crippen molar-refractivity contribution in [3.05, 3.63) is 182 Å². The molecule has 0 amide bonds. The van der Waals surface area contributed by atoms with E-state index in [1.54, 1.807) is 0 Å². The summed E-state index contributed by atoms with van der Waals surface area (Å²) in [5.74, 6) is 0. The maximum Gasteiger partial charge on any atom is 0.0701 e. The Morgan fingerprint density at radius 2 is 0.836 bits per heavy atom. The first-order valence-electron chi connectivity index (χ1n) is 18.6. The Balaban J connectivity index is 1.06. The Hall–Kier alpha value is -6.59. The van der Waals surface area contributed by atoms with Crippen LogP contribution in [0.1, 0.15) is 0 Å². The van der Waals surface area contributed by atoms with Crippen molar-refractivity contribution in [1.82, 2.24) is 4.98 Å². The van der Waals surface area contributed by atoms with Gasteiger partial charge in [-0.05, 0) is 93.0 Å². The topological polar surface area (TPSA) is 16.1 Å². The predicted octanol–water partition coefficient (Wildman–Crippen LogP) is 15.6. The summed E-state index contributed by atoms with van der Waals surface area (Å²) in [6, 6.07) is 64.7. The van der Waals surface area contributed by atoms with Crippen LogP contribution < -0.4 is 4.90 Å². The molecule has 3 aromatic heterocycles. The molecule has 2 nitrogen and oxygen atoms in total. The summed E-state index contributed by atoms with van der Waals surface area (Å²) < 4.78 is 5.37. The Morgan fingerprint density at radius 1 is 0.364 bits per heavy atom. The van der Waals surface area contributed by atoms with Crippen LogP contribution in [-0.4, -0.2) is 4.98 Å². The Morgan fingerprint density at radius 3 is 1.38 bits per heavy atom. The van der Waals surface area contributed by atoms with Gasteiger partial charge in [-0.2, -0.15) is 0 Å². The van der Waals surface area contributed by atoms with Gasteiger partial charge in [-0.15, -0.1) is 22.7 Å². The monoisotopic (exact) mass is 734 g/mol. The van der Waals surface area contributed by atoms with Crippen molar-refractivity contribution in [3.63, 3.8) is 0 Å². The van der Waals surface area contributed by atoms with E-state index in [0.717, 1.165) is 28.3 Å². The molecule has 0 aliphatic carbocycles. The summed E-state index contributed by atoms with van der Waals surface area (Å²) in [7, 11) is 0. The van der Waals surface area contributed by atoms with Crippen molar-refractivity contribution in [2.45, 2.75) is 0 Å². The second kappa shape index (κ2) is 12.0. The number of thiophene rings is 2. The largest absolute Gasteiger partial charge is 0.310 e. The van der Waals surface area contributed by atoms with Gasteiger partial charge < -0.3 is 4.90 Å². The van der Waals surface area contributed by atoms with Crippen LogP contribution in [0.4, 0.5) is 17.1 Å². The quantitative estimate of drug-likeness (QED) is 0.167. The maximum atomic E-state index is 4.62. The molecular formula is C51H30N2S2. The molecule has 12 rings (SSSR count). The number of nitrogens with zero attached hydrogens (tertiary/aromatic N) is 2. The molecule has 0 saturated carbocycles. The fraction of sp³-hybridized carbons (Fsp3) is 0. The zero-order valence-electron chi connectivity index (χ0n) is 29.5. The fourth-order valence-corrected chi connectivity index (χ4v) is 11.2. The molecule has 0 N–H and O–H groups in total. The lowest BCUT2D eigenvalue weighted by atomic mass is 9.98. The second-order valence-electron chi connectivity index (χ2n) is 14.3. The average Bonchev–Trinajstić information content (AvgIpc) is 3.83.